The zero-order valence-corrected chi connectivity index (χ0v) is 11.5. The molecule has 3 nitrogen and oxygen atoms in total. The van der Waals surface area contributed by atoms with Gasteiger partial charge >= 0.3 is 5.97 Å². The Kier molecular flexibility index (Phi) is 4.28. The molecule has 0 saturated carbocycles. The van der Waals surface area contributed by atoms with E-state index < -0.39 is 17.3 Å². The third-order valence-corrected chi connectivity index (χ3v) is 3.74. The van der Waals surface area contributed by atoms with Gasteiger partial charge < -0.3 is 5.11 Å². The van der Waals surface area contributed by atoms with Crippen LogP contribution in [0, 0.1) is 17.1 Å². The fraction of sp³-hybridized carbons (Fsp3) is 0. The summed E-state index contributed by atoms with van der Waals surface area (Å²) in [5.41, 5.74) is 0.0103. The monoisotopic (exact) mass is 307 g/mol. The third kappa shape index (κ3) is 3.10. The Morgan fingerprint density at radius 2 is 2.05 bits per heavy atom. The first-order valence-electron chi connectivity index (χ1n) is 5.41. The number of carbonyl (C=O) groups is 1. The van der Waals surface area contributed by atoms with Crippen molar-refractivity contribution >= 4 is 29.3 Å². The Labute approximate surface area is 123 Å². The van der Waals surface area contributed by atoms with Gasteiger partial charge in [0.1, 0.15) is 11.9 Å². The van der Waals surface area contributed by atoms with Crippen molar-refractivity contribution in [2.45, 2.75) is 9.79 Å². The van der Waals surface area contributed by atoms with Crippen molar-refractivity contribution in [1.29, 1.82) is 5.26 Å². The van der Waals surface area contributed by atoms with Crippen LogP contribution < -0.4 is 0 Å². The fourth-order valence-corrected chi connectivity index (χ4v) is 2.74. The van der Waals surface area contributed by atoms with Crippen LogP contribution in [0.4, 0.5) is 4.39 Å². The van der Waals surface area contributed by atoms with Crippen molar-refractivity contribution in [3.8, 4) is 6.07 Å². The molecule has 2 aromatic rings. The second-order valence-electron chi connectivity index (χ2n) is 3.80. The molecule has 0 bridgehead atoms. The van der Waals surface area contributed by atoms with E-state index in [1.807, 2.05) is 6.07 Å². The van der Waals surface area contributed by atoms with Crippen LogP contribution in [0.2, 0.25) is 5.02 Å². The van der Waals surface area contributed by atoms with Crippen LogP contribution >= 0.6 is 23.4 Å². The van der Waals surface area contributed by atoms with E-state index >= 15 is 0 Å². The van der Waals surface area contributed by atoms with Crippen molar-refractivity contribution in [2.24, 2.45) is 0 Å². The van der Waals surface area contributed by atoms with Crippen LogP contribution in [0.1, 0.15) is 15.9 Å². The van der Waals surface area contributed by atoms with E-state index in [4.69, 9.17) is 22.0 Å². The van der Waals surface area contributed by atoms with Gasteiger partial charge in [-0.3, -0.25) is 0 Å². The maximum absolute atomic E-state index is 13.3. The summed E-state index contributed by atoms with van der Waals surface area (Å²) in [5.74, 6) is -2.13. The number of nitriles is 1. The van der Waals surface area contributed by atoms with Crippen LogP contribution in [-0.4, -0.2) is 11.1 Å². The molecule has 0 aromatic heterocycles. The molecule has 2 aromatic carbocycles. The van der Waals surface area contributed by atoms with E-state index in [2.05, 4.69) is 0 Å². The number of aromatic carboxylic acids is 1. The lowest BCUT2D eigenvalue weighted by Crippen LogP contribution is -2.00. The average molecular weight is 308 g/mol. The predicted octanol–water partition coefficient (Wildman–Crippen LogP) is 4.20. The standard InChI is InChI=1S/C14H7ClFNO2S/c15-9-2-1-8(7-17)13(5-9)20-10-3-4-12(16)11(6-10)14(18)19/h1-6H,(H,18,19). The third-order valence-electron chi connectivity index (χ3n) is 2.46. The molecule has 20 heavy (non-hydrogen) atoms. The summed E-state index contributed by atoms with van der Waals surface area (Å²) < 4.78 is 13.3. The summed E-state index contributed by atoms with van der Waals surface area (Å²) in [6, 6.07) is 10.6. The SMILES string of the molecule is N#Cc1ccc(Cl)cc1Sc1ccc(F)c(C(=O)O)c1. The Morgan fingerprint density at radius 1 is 1.30 bits per heavy atom. The molecular formula is C14H7ClFNO2S. The lowest BCUT2D eigenvalue weighted by molar-refractivity contribution is 0.0691. The maximum atomic E-state index is 13.3. The number of carboxylic acid groups (broad SMARTS) is 1. The molecule has 0 atom stereocenters. The van der Waals surface area contributed by atoms with Gasteiger partial charge in [0, 0.05) is 14.8 Å². The molecule has 6 heteroatoms. The molecule has 0 unspecified atom stereocenters. The van der Waals surface area contributed by atoms with Crippen molar-refractivity contribution in [1.82, 2.24) is 0 Å². The Balaban J connectivity index is 2.40. The van der Waals surface area contributed by atoms with Gasteiger partial charge in [-0.05, 0) is 36.4 Å². The number of rotatable bonds is 3. The molecule has 100 valence electrons. The van der Waals surface area contributed by atoms with E-state index in [9.17, 15) is 9.18 Å². The predicted molar refractivity (Wildman–Crippen MR) is 73.6 cm³/mol. The quantitative estimate of drug-likeness (QED) is 0.923. The lowest BCUT2D eigenvalue weighted by Gasteiger charge is -2.06. The second kappa shape index (κ2) is 5.95. The minimum Gasteiger partial charge on any atom is -0.478 e. The van der Waals surface area contributed by atoms with Gasteiger partial charge in [-0.15, -0.1) is 0 Å². The van der Waals surface area contributed by atoms with Gasteiger partial charge in [0.05, 0.1) is 11.1 Å². The first kappa shape index (κ1) is 14.4. The number of nitrogens with zero attached hydrogens (tertiary/aromatic N) is 1. The first-order chi connectivity index (χ1) is 9.51. The molecule has 0 spiro atoms. The highest BCUT2D eigenvalue weighted by atomic mass is 35.5. The van der Waals surface area contributed by atoms with E-state index in [-0.39, 0.29) is 0 Å². The largest absolute Gasteiger partial charge is 0.478 e. The molecule has 0 aliphatic rings. The van der Waals surface area contributed by atoms with Crippen LogP contribution in [0.25, 0.3) is 0 Å². The molecule has 0 aliphatic carbocycles. The fourth-order valence-electron chi connectivity index (χ4n) is 1.53. The van der Waals surface area contributed by atoms with Crippen molar-refractivity contribution in [3.63, 3.8) is 0 Å². The van der Waals surface area contributed by atoms with Gasteiger partial charge in [-0.25, -0.2) is 9.18 Å². The molecule has 0 amide bonds. The highest BCUT2D eigenvalue weighted by molar-refractivity contribution is 7.99. The molecular weight excluding hydrogens is 301 g/mol. The molecule has 0 saturated heterocycles. The topological polar surface area (TPSA) is 61.1 Å². The minimum absolute atomic E-state index is 0.407. The zero-order valence-electron chi connectivity index (χ0n) is 9.93. The van der Waals surface area contributed by atoms with Crippen LogP contribution in [0.3, 0.4) is 0 Å². The Morgan fingerprint density at radius 3 is 2.70 bits per heavy atom. The number of hydrogen-bond acceptors (Lipinski definition) is 3. The van der Waals surface area contributed by atoms with Gasteiger partial charge in [0.2, 0.25) is 0 Å². The van der Waals surface area contributed by atoms with Crippen LogP contribution in [0.15, 0.2) is 46.2 Å². The van der Waals surface area contributed by atoms with Crippen LogP contribution in [-0.2, 0) is 0 Å². The summed E-state index contributed by atoms with van der Waals surface area (Å²) in [5, 5.41) is 18.4. The van der Waals surface area contributed by atoms with Crippen molar-refractivity contribution < 1.29 is 14.3 Å². The van der Waals surface area contributed by atoms with Crippen molar-refractivity contribution in [3.05, 3.63) is 58.4 Å². The van der Waals surface area contributed by atoms with Crippen LogP contribution in [0.5, 0.6) is 0 Å². The highest BCUT2D eigenvalue weighted by Crippen LogP contribution is 2.33. The molecule has 0 fully saturated rings. The lowest BCUT2D eigenvalue weighted by atomic mass is 10.2. The summed E-state index contributed by atoms with van der Waals surface area (Å²) in [6.45, 7) is 0. The van der Waals surface area contributed by atoms with Crippen molar-refractivity contribution in [2.75, 3.05) is 0 Å². The maximum Gasteiger partial charge on any atom is 0.338 e. The van der Waals surface area contributed by atoms with E-state index in [0.717, 1.165) is 17.8 Å². The molecule has 0 radical (unpaired) electrons. The van der Waals surface area contributed by atoms with E-state index in [0.29, 0.717) is 20.4 Å². The molecule has 1 N–H and O–H groups in total. The average Bonchev–Trinajstić information content (AvgIpc) is 2.41. The minimum atomic E-state index is -1.34. The number of carboxylic acids is 1. The number of benzene rings is 2. The van der Waals surface area contributed by atoms with Gasteiger partial charge in [0.25, 0.3) is 0 Å². The summed E-state index contributed by atoms with van der Waals surface area (Å²) >= 11 is 7.03. The summed E-state index contributed by atoms with van der Waals surface area (Å²) in [7, 11) is 0. The van der Waals surface area contributed by atoms with Gasteiger partial charge in [-0.1, -0.05) is 23.4 Å². The normalized spacial score (nSPS) is 10.1. The Bertz CT molecular complexity index is 728. The Hall–Kier alpha value is -2.03. The van der Waals surface area contributed by atoms with Gasteiger partial charge in [0.15, 0.2) is 0 Å². The number of hydrogen-bond donors (Lipinski definition) is 1. The molecule has 0 aliphatic heterocycles. The number of halogens is 2. The summed E-state index contributed by atoms with van der Waals surface area (Å²) in [6.07, 6.45) is 0. The smallest absolute Gasteiger partial charge is 0.338 e. The van der Waals surface area contributed by atoms with Gasteiger partial charge in [-0.2, -0.15) is 5.26 Å². The molecule has 0 heterocycles. The second-order valence-corrected chi connectivity index (χ2v) is 5.35. The zero-order chi connectivity index (χ0) is 14.7. The van der Waals surface area contributed by atoms with E-state index in [1.54, 1.807) is 18.2 Å². The van der Waals surface area contributed by atoms with E-state index in [1.165, 1.54) is 12.1 Å². The highest BCUT2D eigenvalue weighted by Gasteiger charge is 2.12. The summed E-state index contributed by atoms with van der Waals surface area (Å²) in [4.78, 5) is 12.0. The molecule has 2 rings (SSSR count). The first-order valence-corrected chi connectivity index (χ1v) is 6.61.